The first-order valence-electron chi connectivity index (χ1n) is 5.84. The van der Waals surface area contributed by atoms with Crippen LogP contribution in [0.4, 0.5) is 5.69 Å². The van der Waals surface area contributed by atoms with Crippen LogP contribution >= 0.6 is 12.4 Å². The van der Waals surface area contributed by atoms with Gasteiger partial charge >= 0.3 is 0 Å². The van der Waals surface area contributed by atoms with Crippen molar-refractivity contribution >= 4 is 18.1 Å². The zero-order valence-electron chi connectivity index (χ0n) is 11.2. The van der Waals surface area contributed by atoms with Crippen LogP contribution in [0, 0.1) is 6.92 Å². The summed E-state index contributed by atoms with van der Waals surface area (Å²) in [5.74, 6) is 0. The van der Waals surface area contributed by atoms with Gasteiger partial charge in [-0.05, 0) is 26.8 Å². The van der Waals surface area contributed by atoms with E-state index in [0.717, 1.165) is 23.6 Å². The van der Waals surface area contributed by atoms with Crippen LogP contribution in [0.2, 0.25) is 0 Å². The van der Waals surface area contributed by atoms with Crippen LogP contribution in [-0.2, 0) is 13.6 Å². The molecule has 0 unspecified atom stereocenters. The second kappa shape index (κ2) is 5.91. The summed E-state index contributed by atoms with van der Waals surface area (Å²) in [6, 6.07) is 2.40. The lowest BCUT2D eigenvalue weighted by Gasteiger charge is -2.05. The molecule has 2 heterocycles. The maximum atomic E-state index is 4.46. The lowest BCUT2D eigenvalue weighted by atomic mass is 10.3. The first kappa shape index (κ1) is 14.6. The highest BCUT2D eigenvalue weighted by Gasteiger charge is 2.07. The van der Waals surface area contributed by atoms with E-state index in [1.807, 2.05) is 29.4 Å². The van der Waals surface area contributed by atoms with E-state index in [0.29, 0.717) is 6.04 Å². The molecule has 2 aromatic heterocycles. The van der Waals surface area contributed by atoms with Gasteiger partial charge in [-0.25, -0.2) is 0 Å². The molecular weight excluding hydrogens is 250 g/mol. The number of nitrogens with zero attached hydrogens (tertiary/aromatic N) is 4. The minimum absolute atomic E-state index is 0. The molecule has 1 N–H and O–H groups in total. The summed E-state index contributed by atoms with van der Waals surface area (Å²) in [4.78, 5) is 0. The standard InChI is InChI=1S/C12H19N5.ClH/c1-9(2)17-8-12(10(3)15-17)13-7-11-5-6-14-16(11)4;/h5-6,8-9,13H,7H2,1-4H3;1H. The molecule has 0 radical (unpaired) electrons. The van der Waals surface area contributed by atoms with Gasteiger partial charge in [-0.3, -0.25) is 9.36 Å². The van der Waals surface area contributed by atoms with Crippen molar-refractivity contribution in [2.75, 3.05) is 5.32 Å². The van der Waals surface area contributed by atoms with E-state index in [-0.39, 0.29) is 12.4 Å². The van der Waals surface area contributed by atoms with Crippen molar-refractivity contribution in [1.29, 1.82) is 0 Å². The number of rotatable bonds is 4. The molecule has 2 rings (SSSR count). The molecule has 0 atom stereocenters. The fraction of sp³-hybridized carbons (Fsp3) is 0.500. The van der Waals surface area contributed by atoms with Crippen LogP contribution in [0.1, 0.15) is 31.3 Å². The summed E-state index contributed by atoms with van der Waals surface area (Å²) in [6.07, 6.45) is 3.86. The molecule has 0 aliphatic carbocycles. The Morgan fingerprint density at radius 2 is 2.11 bits per heavy atom. The summed E-state index contributed by atoms with van der Waals surface area (Å²) >= 11 is 0. The second-order valence-electron chi connectivity index (χ2n) is 4.50. The van der Waals surface area contributed by atoms with Crippen molar-refractivity contribution < 1.29 is 0 Å². The molecule has 18 heavy (non-hydrogen) atoms. The molecule has 0 aliphatic heterocycles. The largest absolute Gasteiger partial charge is 0.377 e. The van der Waals surface area contributed by atoms with Crippen LogP contribution in [0.3, 0.4) is 0 Å². The minimum atomic E-state index is 0. The second-order valence-corrected chi connectivity index (χ2v) is 4.50. The van der Waals surface area contributed by atoms with Crippen LogP contribution in [0.5, 0.6) is 0 Å². The molecule has 0 aliphatic rings. The number of hydrogen-bond acceptors (Lipinski definition) is 3. The van der Waals surface area contributed by atoms with E-state index in [1.54, 1.807) is 6.20 Å². The molecule has 0 aromatic carbocycles. The van der Waals surface area contributed by atoms with E-state index < -0.39 is 0 Å². The summed E-state index contributed by atoms with van der Waals surface area (Å²) < 4.78 is 3.84. The molecule has 100 valence electrons. The maximum absolute atomic E-state index is 4.46. The van der Waals surface area contributed by atoms with Crippen LogP contribution in [0.25, 0.3) is 0 Å². The van der Waals surface area contributed by atoms with Gasteiger partial charge in [0.25, 0.3) is 0 Å². The third kappa shape index (κ3) is 3.04. The monoisotopic (exact) mass is 269 g/mol. The zero-order valence-corrected chi connectivity index (χ0v) is 12.0. The van der Waals surface area contributed by atoms with Crippen LogP contribution in [0.15, 0.2) is 18.5 Å². The van der Waals surface area contributed by atoms with Crippen molar-refractivity contribution in [2.24, 2.45) is 7.05 Å². The Balaban J connectivity index is 0.00000162. The van der Waals surface area contributed by atoms with Crippen LogP contribution in [-0.4, -0.2) is 19.6 Å². The van der Waals surface area contributed by atoms with E-state index >= 15 is 0 Å². The third-order valence-corrected chi connectivity index (χ3v) is 2.83. The Kier molecular flexibility index (Phi) is 4.78. The average Bonchev–Trinajstić information content (AvgIpc) is 2.82. The fourth-order valence-corrected chi connectivity index (χ4v) is 1.68. The predicted molar refractivity (Wildman–Crippen MR) is 75.1 cm³/mol. The highest BCUT2D eigenvalue weighted by atomic mass is 35.5. The number of halogens is 1. The van der Waals surface area contributed by atoms with Gasteiger partial charge < -0.3 is 5.32 Å². The van der Waals surface area contributed by atoms with Crippen LogP contribution < -0.4 is 5.32 Å². The smallest absolute Gasteiger partial charge is 0.0825 e. The van der Waals surface area contributed by atoms with Crippen molar-refractivity contribution in [3.8, 4) is 0 Å². The molecule has 0 spiro atoms. The highest BCUT2D eigenvalue weighted by molar-refractivity contribution is 5.85. The van der Waals surface area contributed by atoms with E-state index in [1.165, 1.54) is 0 Å². The molecule has 5 nitrogen and oxygen atoms in total. The lowest BCUT2D eigenvalue weighted by Crippen LogP contribution is -2.05. The van der Waals surface area contributed by atoms with Crippen molar-refractivity contribution in [2.45, 2.75) is 33.4 Å². The molecule has 0 fully saturated rings. The summed E-state index contributed by atoms with van der Waals surface area (Å²) in [5, 5.41) is 12.0. The SMILES string of the molecule is Cc1nn(C(C)C)cc1NCc1ccnn1C.Cl. The van der Waals surface area contributed by atoms with Gasteiger partial charge in [-0.1, -0.05) is 0 Å². The van der Waals surface area contributed by atoms with E-state index in [9.17, 15) is 0 Å². The summed E-state index contributed by atoms with van der Waals surface area (Å²) in [6.45, 7) is 7.03. The number of aromatic nitrogens is 4. The molecule has 0 bridgehead atoms. The van der Waals surface area contributed by atoms with Crippen molar-refractivity contribution in [3.05, 3.63) is 29.8 Å². The Bertz CT molecular complexity index is 500. The first-order chi connectivity index (χ1) is 8.08. The van der Waals surface area contributed by atoms with Gasteiger partial charge in [0.15, 0.2) is 0 Å². The average molecular weight is 270 g/mol. The molecule has 2 aromatic rings. The van der Waals surface area contributed by atoms with E-state index in [4.69, 9.17) is 0 Å². The summed E-state index contributed by atoms with van der Waals surface area (Å²) in [5.41, 5.74) is 3.27. The maximum Gasteiger partial charge on any atom is 0.0825 e. The fourth-order valence-electron chi connectivity index (χ4n) is 1.68. The van der Waals surface area contributed by atoms with Crippen molar-refractivity contribution in [1.82, 2.24) is 19.6 Å². The van der Waals surface area contributed by atoms with Gasteiger partial charge in [-0.2, -0.15) is 10.2 Å². The number of nitrogens with one attached hydrogen (secondary N) is 1. The number of hydrogen-bond donors (Lipinski definition) is 1. The Labute approximate surface area is 114 Å². The van der Waals surface area contributed by atoms with Gasteiger partial charge in [0, 0.05) is 25.5 Å². The summed E-state index contributed by atoms with van der Waals surface area (Å²) in [7, 11) is 1.95. The number of anilines is 1. The molecular formula is C12H20ClN5. The molecule has 0 saturated heterocycles. The topological polar surface area (TPSA) is 47.7 Å². The van der Waals surface area contributed by atoms with Gasteiger partial charge in [0.1, 0.15) is 0 Å². The number of aryl methyl sites for hydroxylation is 2. The lowest BCUT2D eigenvalue weighted by molar-refractivity contribution is 0.529. The molecule has 6 heteroatoms. The quantitative estimate of drug-likeness (QED) is 0.928. The Morgan fingerprint density at radius 3 is 2.61 bits per heavy atom. The molecule has 0 saturated carbocycles. The van der Waals surface area contributed by atoms with Gasteiger partial charge in [0.2, 0.25) is 0 Å². The normalized spacial score (nSPS) is 10.5. The van der Waals surface area contributed by atoms with Gasteiger partial charge in [-0.15, -0.1) is 12.4 Å². The van der Waals surface area contributed by atoms with Gasteiger partial charge in [0.05, 0.1) is 23.6 Å². The highest BCUT2D eigenvalue weighted by Crippen LogP contribution is 2.16. The first-order valence-corrected chi connectivity index (χ1v) is 5.84. The van der Waals surface area contributed by atoms with E-state index in [2.05, 4.69) is 35.6 Å². The molecule has 0 amide bonds. The Hall–Kier alpha value is -1.49. The predicted octanol–water partition coefficient (Wildman–Crippen LogP) is 2.54. The minimum Gasteiger partial charge on any atom is -0.377 e. The van der Waals surface area contributed by atoms with Crippen molar-refractivity contribution in [3.63, 3.8) is 0 Å². The Morgan fingerprint density at radius 1 is 1.39 bits per heavy atom. The zero-order chi connectivity index (χ0) is 12.4. The third-order valence-electron chi connectivity index (χ3n) is 2.83.